The molecule has 2 fully saturated rings. The van der Waals surface area contributed by atoms with Crippen LogP contribution in [0.4, 0.5) is 0 Å². The number of nitrogens with zero attached hydrogens (tertiary/aromatic N) is 2. The molecule has 50 heavy (non-hydrogen) atoms. The minimum absolute atomic E-state index is 0.0446. The lowest BCUT2D eigenvalue weighted by molar-refractivity contribution is -0.142. The lowest BCUT2D eigenvalue weighted by Gasteiger charge is -2.42. The molecule has 2 saturated heterocycles. The minimum atomic E-state index is -1.22. The second-order valence-electron chi connectivity index (χ2n) is 13.6. The summed E-state index contributed by atoms with van der Waals surface area (Å²) >= 11 is 0. The first-order valence-corrected chi connectivity index (χ1v) is 17.3. The topological polar surface area (TPSA) is 176 Å². The van der Waals surface area contributed by atoms with Gasteiger partial charge in [-0.05, 0) is 86.3 Å². The van der Waals surface area contributed by atoms with Crippen molar-refractivity contribution >= 4 is 29.5 Å². The third-order valence-corrected chi connectivity index (χ3v) is 10.1. The molecule has 4 aliphatic rings. The van der Waals surface area contributed by atoms with Gasteiger partial charge in [0, 0.05) is 32.6 Å². The SMILES string of the molecule is C[C@@H]1NC(=O)COc2cccc(c2)CC2(CCN(C(=O)CCc3ccc4c(c3)OCO4)CC2)CNC(=O)[C@H](CO)NC(=O)[C@@H]2CCCN2C1=O. The molecule has 2 bridgehead atoms. The van der Waals surface area contributed by atoms with Crippen LogP contribution in [0.1, 0.15) is 50.2 Å². The number of nitrogens with one attached hydrogen (secondary N) is 3. The van der Waals surface area contributed by atoms with E-state index in [0.29, 0.717) is 81.8 Å². The van der Waals surface area contributed by atoms with Crippen LogP contribution >= 0.6 is 0 Å². The van der Waals surface area contributed by atoms with E-state index in [2.05, 4.69) is 16.0 Å². The molecule has 0 saturated carbocycles. The van der Waals surface area contributed by atoms with Crippen LogP contribution in [-0.4, -0.2) is 109 Å². The maximum Gasteiger partial charge on any atom is 0.258 e. The molecule has 4 aliphatic heterocycles. The number of aliphatic hydroxyl groups is 1. The highest BCUT2D eigenvalue weighted by Gasteiger charge is 2.40. The number of aryl methyl sites for hydroxylation is 1. The van der Waals surface area contributed by atoms with Crippen LogP contribution in [0, 0.1) is 5.41 Å². The van der Waals surface area contributed by atoms with Crippen molar-refractivity contribution in [2.24, 2.45) is 5.41 Å². The minimum Gasteiger partial charge on any atom is -0.484 e. The molecule has 5 amide bonds. The van der Waals surface area contributed by atoms with Gasteiger partial charge >= 0.3 is 0 Å². The quantitative estimate of drug-likeness (QED) is 0.359. The lowest BCUT2D eigenvalue weighted by Crippen LogP contribution is -2.57. The van der Waals surface area contributed by atoms with Gasteiger partial charge in [-0.15, -0.1) is 0 Å². The van der Waals surface area contributed by atoms with E-state index in [1.165, 1.54) is 4.90 Å². The fourth-order valence-corrected chi connectivity index (χ4v) is 7.24. The van der Waals surface area contributed by atoms with Crippen LogP contribution in [-0.2, 0) is 36.8 Å². The van der Waals surface area contributed by atoms with Crippen molar-refractivity contribution in [3.05, 3.63) is 53.6 Å². The van der Waals surface area contributed by atoms with Crippen LogP contribution in [0.15, 0.2) is 42.5 Å². The average Bonchev–Trinajstić information content (AvgIpc) is 3.81. The number of aliphatic hydroxyl groups excluding tert-OH is 1. The molecular weight excluding hydrogens is 646 g/mol. The van der Waals surface area contributed by atoms with Gasteiger partial charge in [-0.2, -0.15) is 0 Å². The Labute approximate surface area is 290 Å². The second kappa shape index (κ2) is 15.4. The predicted molar refractivity (Wildman–Crippen MR) is 179 cm³/mol. The largest absolute Gasteiger partial charge is 0.484 e. The van der Waals surface area contributed by atoms with Gasteiger partial charge in [0.2, 0.25) is 30.4 Å². The van der Waals surface area contributed by atoms with E-state index in [1.807, 2.05) is 41.3 Å². The second-order valence-corrected chi connectivity index (χ2v) is 13.6. The third-order valence-electron chi connectivity index (χ3n) is 10.1. The highest BCUT2D eigenvalue weighted by atomic mass is 16.7. The number of likely N-dealkylation sites (tertiary alicyclic amines) is 1. The Hall–Kier alpha value is -4.85. The third kappa shape index (κ3) is 8.12. The van der Waals surface area contributed by atoms with Gasteiger partial charge in [0.15, 0.2) is 18.1 Å². The molecule has 4 N–H and O–H groups in total. The summed E-state index contributed by atoms with van der Waals surface area (Å²) in [4.78, 5) is 69.3. The Morgan fingerprint density at radius 3 is 2.56 bits per heavy atom. The van der Waals surface area contributed by atoms with Gasteiger partial charge in [-0.25, -0.2) is 0 Å². The molecule has 268 valence electrons. The van der Waals surface area contributed by atoms with Crippen molar-refractivity contribution in [1.29, 1.82) is 0 Å². The van der Waals surface area contributed by atoms with E-state index in [1.54, 1.807) is 13.0 Å². The van der Waals surface area contributed by atoms with Gasteiger partial charge < -0.3 is 45.1 Å². The zero-order valence-electron chi connectivity index (χ0n) is 28.3. The number of ether oxygens (including phenoxy) is 3. The Bertz CT molecular complexity index is 1610. The monoisotopic (exact) mass is 691 g/mol. The summed E-state index contributed by atoms with van der Waals surface area (Å²) in [5, 5.41) is 18.4. The molecule has 0 unspecified atom stereocenters. The molecule has 0 radical (unpaired) electrons. The number of rotatable bonds is 4. The molecule has 0 aliphatic carbocycles. The summed E-state index contributed by atoms with van der Waals surface area (Å²) in [6.45, 7) is 2.40. The van der Waals surface area contributed by atoms with Crippen molar-refractivity contribution in [2.75, 3.05) is 46.2 Å². The number of hydrogen-bond acceptors (Lipinski definition) is 9. The van der Waals surface area contributed by atoms with Crippen molar-refractivity contribution in [2.45, 2.75) is 70.0 Å². The Kier molecular flexibility index (Phi) is 10.8. The number of fused-ring (bicyclic) bond motifs is 4. The molecule has 14 nitrogen and oxygen atoms in total. The number of hydrogen-bond donors (Lipinski definition) is 4. The summed E-state index contributed by atoms with van der Waals surface area (Å²) in [6, 6.07) is 10.1. The van der Waals surface area contributed by atoms with E-state index in [-0.39, 0.29) is 25.9 Å². The lowest BCUT2D eigenvalue weighted by atomic mass is 9.73. The smallest absolute Gasteiger partial charge is 0.258 e. The number of carbonyl (C=O) groups is 5. The van der Waals surface area contributed by atoms with E-state index in [0.717, 1.165) is 11.1 Å². The summed E-state index contributed by atoms with van der Waals surface area (Å²) in [6.07, 6.45) is 3.64. The number of amides is 5. The zero-order chi connectivity index (χ0) is 35.3. The van der Waals surface area contributed by atoms with Crippen molar-refractivity contribution < 1.29 is 43.3 Å². The van der Waals surface area contributed by atoms with Crippen LogP contribution in [0.2, 0.25) is 0 Å². The Balaban J connectivity index is 1.16. The molecule has 14 heteroatoms. The summed E-state index contributed by atoms with van der Waals surface area (Å²) in [7, 11) is 0. The van der Waals surface area contributed by atoms with Gasteiger partial charge in [0.05, 0.1) is 6.61 Å². The van der Waals surface area contributed by atoms with Crippen LogP contribution in [0.25, 0.3) is 0 Å². The molecule has 2 aromatic rings. The van der Waals surface area contributed by atoms with E-state index in [4.69, 9.17) is 14.2 Å². The molecule has 0 aromatic heterocycles. The van der Waals surface area contributed by atoms with E-state index >= 15 is 0 Å². The van der Waals surface area contributed by atoms with Gasteiger partial charge in [-0.1, -0.05) is 18.2 Å². The molecular formula is C36H45N5O9. The van der Waals surface area contributed by atoms with Crippen molar-refractivity contribution in [3.63, 3.8) is 0 Å². The van der Waals surface area contributed by atoms with Crippen molar-refractivity contribution in [3.8, 4) is 17.2 Å². The number of benzene rings is 2. The maximum atomic E-state index is 13.4. The van der Waals surface area contributed by atoms with Crippen LogP contribution < -0.4 is 30.2 Å². The predicted octanol–water partition coefficient (Wildman–Crippen LogP) is 0.681. The van der Waals surface area contributed by atoms with Gasteiger partial charge in [0.25, 0.3) is 5.91 Å². The molecule has 3 atom stereocenters. The zero-order valence-corrected chi connectivity index (χ0v) is 28.3. The fourth-order valence-electron chi connectivity index (χ4n) is 7.24. The standard InChI is InChI=1S/C36H45N5O9/c1-23-35(47)41-13-3-6-28(41)34(46)39-27(19-42)33(45)37-21-36(18-25-4-2-5-26(16-25)48-20-31(43)38-23)11-14-40(15-12-36)32(44)10-8-24-7-9-29-30(17-24)50-22-49-29/h2,4-5,7,9,16-17,23,27-28,42H,3,6,8,10-15,18-22H2,1H3,(H,37,45)(H,38,43)(H,39,46)/t23-,27-,28-/m0/s1. The normalized spacial score (nSPS) is 24.2. The Morgan fingerprint density at radius 1 is 0.960 bits per heavy atom. The van der Waals surface area contributed by atoms with Crippen molar-refractivity contribution in [1.82, 2.24) is 25.8 Å². The first-order valence-electron chi connectivity index (χ1n) is 17.3. The number of carbonyl (C=O) groups excluding carboxylic acids is 5. The maximum absolute atomic E-state index is 13.4. The average molecular weight is 692 g/mol. The number of piperidine rings is 1. The van der Waals surface area contributed by atoms with Gasteiger partial charge in [-0.3, -0.25) is 24.0 Å². The molecule has 1 spiro atoms. The highest BCUT2D eigenvalue weighted by molar-refractivity contribution is 5.94. The van der Waals surface area contributed by atoms with Gasteiger partial charge in [0.1, 0.15) is 23.9 Å². The van der Waals surface area contributed by atoms with Crippen LogP contribution in [0.3, 0.4) is 0 Å². The van der Waals surface area contributed by atoms with E-state index in [9.17, 15) is 29.1 Å². The summed E-state index contributed by atoms with van der Waals surface area (Å²) < 4.78 is 16.7. The molecule has 6 rings (SSSR count). The first kappa shape index (κ1) is 35.0. The van der Waals surface area contributed by atoms with Crippen LogP contribution in [0.5, 0.6) is 17.2 Å². The molecule has 4 heterocycles. The first-order chi connectivity index (χ1) is 24.1. The highest BCUT2D eigenvalue weighted by Crippen LogP contribution is 2.36. The molecule has 2 aromatic carbocycles. The van der Waals surface area contributed by atoms with E-state index < -0.39 is 53.8 Å². The fraction of sp³-hybridized carbons (Fsp3) is 0.528. The summed E-state index contributed by atoms with van der Waals surface area (Å²) in [5.74, 6) is -0.0487. The summed E-state index contributed by atoms with van der Waals surface area (Å²) in [5.41, 5.74) is 1.47. The Morgan fingerprint density at radius 2 is 1.76 bits per heavy atom.